The van der Waals surface area contributed by atoms with Crippen molar-refractivity contribution in [2.24, 2.45) is 0 Å². The van der Waals surface area contributed by atoms with E-state index in [1.54, 1.807) is 19.1 Å². The van der Waals surface area contributed by atoms with Crippen molar-refractivity contribution in [2.75, 3.05) is 6.61 Å². The van der Waals surface area contributed by atoms with E-state index < -0.39 is 60.7 Å². The maximum atomic E-state index is 14.1. The van der Waals surface area contributed by atoms with Crippen LogP contribution >= 0.6 is 27.3 Å². The van der Waals surface area contributed by atoms with Gasteiger partial charge in [-0.3, -0.25) is 4.57 Å². The van der Waals surface area contributed by atoms with Crippen molar-refractivity contribution in [1.82, 2.24) is 34.7 Å². The van der Waals surface area contributed by atoms with Gasteiger partial charge in [0.2, 0.25) is 5.82 Å². The average molecular weight is 670 g/mol. The zero-order chi connectivity index (χ0) is 29.9. The molecule has 5 atom stereocenters. The van der Waals surface area contributed by atoms with Crippen LogP contribution in [0, 0.1) is 12.7 Å². The Bertz CT molecular complexity index is 1780. The largest absolute Gasteiger partial charge is 0.452 e. The Morgan fingerprint density at radius 1 is 1.07 bits per heavy atom. The molecule has 4 heterocycles. The molecular weight excluding hydrogens is 650 g/mol. The number of aliphatic hydroxyl groups is 3. The lowest BCUT2D eigenvalue weighted by Crippen LogP contribution is -2.53. The molecule has 1 fully saturated rings. The van der Waals surface area contributed by atoms with Gasteiger partial charge in [0.15, 0.2) is 5.82 Å². The second-order valence-corrected chi connectivity index (χ2v) is 11.7. The Kier molecular flexibility index (Phi) is 7.35. The van der Waals surface area contributed by atoms with Gasteiger partial charge in [0.25, 0.3) is 0 Å². The first-order valence-corrected chi connectivity index (χ1v) is 14.0. The van der Waals surface area contributed by atoms with Crippen LogP contribution in [0.2, 0.25) is 0 Å². The first-order chi connectivity index (χ1) is 20.0. The Labute approximate surface area is 246 Å². The number of fused-ring (bicyclic) bond motifs is 1. The van der Waals surface area contributed by atoms with Crippen LogP contribution in [0.3, 0.4) is 0 Å². The monoisotopic (exact) mass is 669 g/mol. The first kappa shape index (κ1) is 28.8. The molecule has 0 bridgehead atoms. The van der Waals surface area contributed by atoms with Crippen LogP contribution < -0.4 is 0 Å². The summed E-state index contributed by atoms with van der Waals surface area (Å²) in [5.74, 6) is -2.33. The topological polar surface area (TPSA) is 144 Å². The van der Waals surface area contributed by atoms with Crippen molar-refractivity contribution >= 4 is 37.5 Å². The number of ether oxygens (including phenoxy) is 1. The number of benzene rings is 2. The van der Waals surface area contributed by atoms with E-state index in [9.17, 15) is 32.9 Å². The number of aliphatic hydroxyl groups excluding tert-OH is 3. The lowest BCUT2D eigenvalue weighted by Gasteiger charge is -2.41. The number of rotatable bonds is 5. The van der Waals surface area contributed by atoms with Gasteiger partial charge in [-0.15, -0.1) is 26.6 Å². The minimum atomic E-state index is -4.93. The number of hydrogen-bond donors (Lipinski definition) is 3. The van der Waals surface area contributed by atoms with Crippen LogP contribution in [0.25, 0.3) is 27.2 Å². The van der Waals surface area contributed by atoms with Crippen molar-refractivity contribution < 1.29 is 37.6 Å². The summed E-state index contributed by atoms with van der Waals surface area (Å²) in [7, 11) is 0. The highest BCUT2D eigenvalue weighted by Gasteiger charge is 2.50. The average Bonchev–Trinajstić information content (AvgIpc) is 3.68. The molecular formula is C25H20BrF4N7O4S. The third-order valence-corrected chi connectivity index (χ3v) is 8.43. The van der Waals surface area contributed by atoms with E-state index in [2.05, 4.69) is 41.4 Å². The third kappa shape index (κ3) is 4.99. The predicted octanol–water partition coefficient (Wildman–Crippen LogP) is 3.76. The molecule has 0 amide bonds. The maximum Gasteiger partial charge on any atom is 0.452 e. The molecule has 0 radical (unpaired) electrons. The Hall–Kier alpha value is -3.35. The van der Waals surface area contributed by atoms with Gasteiger partial charge in [0, 0.05) is 5.56 Å². The summed E-state index contributed by atoms with van der Waals surface area (Å²) in [5.41, 5.74) is 1.17. The quantitative estimate of drug-likeness (QED) is 0.238. The van der Waals surface area contributed by atoms with E-state index in [1.807, 2.05) is 0 Å². The van der Waals surface area contributed by atoms with Crippen molar-refractivity contribution in [3.63, 3.8) is 0 Å². The molecule has 3 aromatic heterocycles. The number of halogens is 5. The second-order valence-electron chi connectivity index (χ2n) is 9.56. The summed E-state index contributed by atoms with van der Waals surface area (Å²) in [4.78, 5) is 4.33. The molecule has 42 heavy (non-hydrogen) atoms. The molecule has 6 rings (SSSR count). The molecule has 1 saturated heterocycles. The van der Waals surface area contributed by atoms with E-state index in [0.717, 1.165) is 9.25 Å². The van der Waals surface area contributed by atoms with Crippen LogP contribution in [-0.4, -0.2) is 75.0 Å². The van der Waals surface area contributed by atoms with Gasteiger partial charge in [-0.05, 0) is 53.2 Å². The number of aromatic nitrogens is 7. The molecule has 5 aromatic rings. The number of aryl methyl sites for hydroxylation is 1. The van der Waals surface area contributed by atoms with Crippen molar-refractivity contribution in [3.8, 4) is 16.9 Å². The van der Waals surface area contributed by atoms with E-state index in [0.29, 0.717) is 20.8 Å². The van der Waals surface area contributed by atoms with E-state index in [1.165, 1.54) is 41.8 Å². The fraction of sp³-hybridized carbons (Fsp3) is 0.320. The van der Waals surface area contributed by atoms with E-state index in [-0.39, 0.29) is 15.9 Å². The van der Waals surface area contributed by atoms with Crippen LogP contribution in [0.5, 0.6) is 0 Å². The normalized spacial score (nSPS) is 23.1. The number of hydrogen-bond acceptors (Lipinski definition) is 10. The Morgan fingerprint density at radius 3 is 2.57 bits per heavy atom. The molecule has 0 unspecified atom stereocenters. The lowest BCUT2D eigenvalue weighted by atomic mass is 9.92. The lowest BCUT2D eigenvalue weighted by molar-refractivity contribution is -0.211. The molecule has 3 N–H and O–H groups in total. The highest BCUT2D eigenvalue weighted by Crippen LogP contribution is 2.41. The predicted molar refractivity (Wildman–Crippen MR) is 143 cm³/mol. The summed E-state index contributed by atoms with van der Waals surface area (Å²) in [6.45, 7) is 1.03. The smallest absolute Gasteiger partial charge is 0.394 e. The van der Waals surface area contributed by atoms with Gasteiger partial charge in [0.05, 0.1) is 38.2 Å². The number of thiazole rings is 1. The second kappa shape index (κ2) is 10.7. The van der Waals surface area contributed by atoms with Crippen molar-refractivity contribution in [3.05, 3.63) is 69.5 Å². The maximum absolute atomic E-state index is 14.1. The van der Waals surface area contributed by atoms with Gasteiger partial charge in [-0.1, -0.05) is 11.3 Å². The highest BCUT2D eigenvalue weighted by atomic mass is 79.9. The molecule has 1 aliphatic heterocycles. The molecule has 11 nitrogen and oxygen atoms in total. The molecule has 0 spiro atoms. The SMILES string of the molecule is Cc1nc2ccc(-n3c([C@@H]4O[C@H](CO)[C@H](O)[C@H](n5cc(-c6ccc(Br)c(F)c6)nn5)[C@H]4O)nnc3C(F)(F)F)cc2s1. The summed E-state index contributed by atoms with van der Waals surface area (Å²) < 4.78 is 64.9. The van der Waals surface area contributed by atoms with Gasteiger partial charge in [0.1, 0.15) is 42.0 Å². The standard InChI is InChI=1S/C25H20BrF4N7O4S/c1-10-31-15-5-3-12(7-18(15)42-10)37-23(33-34-24(37)25(28,29)30)22-21(40)19(20(39)17(9-38)41-22)36-8-16(32-35-36)11-2-4-13(26)14(27)6-11/h2-8,17,19-22,38-40H,9H2,1H3/t17-,19+,20+,21-,22-/m1/s1. The Morgan fingerprint density at radius 2 is 1.86 bits per heavy atom. The highest BCUT2D eigenvalue weighted by molar-refractivity contribution is 9.10. The van der Waals surface area contributed by atoms with Crippen molar-refractivity contribution in [2.45, 2.75) is 43.6 Å². The molecule has 2 aromatic carbocycles. The summed E-state index contributed by atoms with van der Waals surface area (Å²) in [6.07, 6.45) is -9.85. The van der Waals surface area contributed by atoms with Crippen LogP contribution in [0.4, 0.5) is 17.6 Å². The van der Waals surface area contributed by atoms with Crippen LogP contribution in [-0.2, 0) is 10.9 Å². The summed E-state index contributed by atoms with van der Waals surface area (Å²) in [6, 6.07) is 7.35. The minimum absolute atomic E-state index is 0.0396. The van der Waals surface area contributed by atoms with E-state index in [4.69, 9.17) is 4.74 Å². The molecule has 220 valence electrons. The van der Waals surface area contributed by atoms with Gasteiger partial charge in [-0.25, -0.2) is 14.1 Å². The Balaban J connectivity index is 1.44. The fourth-order valence-electron chi connectivity index (χ4n) is 4.92. The molecule has 1 aliphatic rings. The zero-order valence-electron chi connectivity index (χ0n) is 21.3. The zero-order valence-corrected chi connectivity index (χ0v) is 23.7. The van der Waals surface area contributed by atoms with Crippen LogP contribution in [0.1, 0.15) is 28.8 Å². The summed E-state index contributed by atoms with van der Waals surface area (Å²) in [5, 5.41) is 48.2. The van der Waals surface area contributed by atoms with E-state index >= 15 is 0 Å². The van der Waals surface area contributed by atoms with Gasteiger partial charge in [-0.2, -0.15) is 13.2 Å². The fourth-order valence-corrected chi connectivity index (χ4v) is 6.03. The molecule has 0 saturated carbocycles. The number of nitrogens with zero attached hydrogens (tertiary/aromatic N) is 7. The van der Waals surface area contributed by atoms with Crippen molar-refractivity contribution in [1.29, 1.82) is 0 Å². The number of alkyl halides is 3. The molecule has 0 aliphatic carbocycles. The third-order valence-electron chi connectivity index (χ3n) is 6.86. The molecule has 17 heteroatoms. The minimum Gasteiger partial charge on any atom is -0.394 e. The van der Waals surface area contributed by atoms with Crippen LogP contribution in [0.15, 0.2) is 47.1 Å². The van der Waals surface area contributed by atoms with Gasteiger partial charge < -0.3 is 20.1 Å². The first-order valence-electron chi connectivity index (χ1n) is 12.4. The van der Waals surface area contributed by atoms with Gasteiger partial charge >= 0.3 is 6.18 Å². The summed E-state index contributed by atoms with van der Waals surface area (Å²) >= 11 is 4.36.